The maximum atomic E-state index is 12.6. The van der Waals surface area contributed by atoms with Crippen LogP contribution in [-0.2, 0) is 9.59 Å². The van der Waals surface area contributed by atoms with Gasteiger partial charge in [-0.3, -0.25) is 15.0 Å². The molecule has 0 saturated carbocycles. The molecule has 20 heavy (non-hydrogen) atoms. The highest BCUT2D eigenvalue weighted by Gasteiger charge is 2.38. The Morgan fingerprint density at radius 2 is 2.05 bits per heavy atom. The van der Waals surface area contributed by atoms with Crippen LogP contribution in [0.2, 0.25) is 0 Å². The second-order valence-electron chi connectivity index (χ2n) is 4.56. The number of nitrogens with one attached hydrogen (secondary N) is 2. The van der Waals surface area contributed by atoms with Gasteiger partial charge < -0.3 is 10.2 Å². The lowest BCUT2D eigenvalue weighted by Gasteiger charge is -2.15. The summed E-state index contributed by atoms with van der Waals surface area (Å²) in [6.45, 7) is 2.63. The fraction of sp³-hybridized carbons (Fsp3) is 0.214. The smallest absolute Gasteiger partial charge is 0.264 e. The first-order valence-electron chi connectivity index (χ1n) is 6.36. The first kappa shape index (κ1) is 12.9. The minimum absolute atomic E-state index is 0.0664. The molecule has 2 heterocycles. The van der Waals surface area contributed by atoms with Gasteiger partial charge in [-0.15, -0.1) is 0 Å². The number of benzene rings is 1. The second kappa shape index (κ2) is 4.79. The predicted octanol–water partition coefficient (Wildman–Crippen LogP) is 1.95. The first-order valence-corrected chi connectivity index (χ1v) is 7.18. The number of amidine groups is 1. The molecule has 1 fully saturated rings. The molecule has 1 aromatic rings. The van der Waals surface area contributed by atoms with Crippen LogP contribution in [0.25, 0.3) is 5.57 Å². The number of anilines is 1. The summed E-state index contributed by atoms with van der Waals surface area (Å²) in [6.07, 6.45) is 0.845. The molecule has 1 saturated heterocycles. The Labute approximate surface area is 120 Å². The van der Waals surface area contributed by atoms with Gasteiger partial charge in [0.25, 0.3) is 11.8 Å². The average Bonchev–Trinajstić information content (AvgIpc) is 2.88. The third-order valence-electron chi connectivity index (χ3n) is 3.23. The Morgan fingerprint density at radius 1 is 1.30 bits per heavy atom. The quantitative estimate of drug-likeness (QED) is 0.817. The van der Waals surface area contributed by atoms with E-state index in [9.17, 15) is 9.59 Å². The van der Waals surface area contributed by atoms with Crippen molar-refractivity contribution in [3.63, 3.8) is 0 Å². The lowest BCUT2D eigenvalue weighted by atomic mass is 10.1. The largest absolute Gasteiger partial charge is 0.308 e. The van der Waals surface area contributed by atoms with Gasteiger partial charge in [-0.2, -0.15) is 0 Å². The van der Waals surface area contributed by atoms with E-state index in [-0.39, 0.29) is 17.0 Å². The number of amides is 2. The molecule has 2 aliphatic rings. The van der Waals surface area contributed by atoms with Crippen molar-refractivity contribution in [1.82, 2.24) is 5.32 Å². The van der Waals surface area contributed by atoms with Crippen molar-refractivity contribution in [2.45, 2.75) is 13.3 Å². The van der Waals surface area contributed by atoms with E-state index in [4.69, 9.17) is 5.41 Å². The molecule has 2 amide bonds. The van der Waals surface area contributed by atoms with Gasteiger partial charge in [0, 0.05) is 12.1 Å². The van der Waals surface area contributed by atoms with Crippen molar-refractivity contribution in [1.29, 1.82) is 5.41 Å². The summed E-state index contributed by atoms with van der Waals surface area (Å²) in [7, 11) is 0. The molecule has 2 N–H and O–H groups in total. The van der Waals surface area contributed by atoms with Gasteiger partial charge in [0.1, 0.15) is 0 Å². The predicted molar refractivity (Wildman–Crippen MR) is 79.5 cm³/mol. The van der Waals surface area contributed by atoms with E-state index in [1.165, 1.54) is 0 Å². The fourth-order valence-electron chi connectivity index (χ4n) is 2.44. The Hall–Kier alpha value is -2.08. The highest BCUT2D eigenvalue weighted by atomic mass is 32.2. The van der Waals surface area contributed by atoms with E-state index in [0.717, 1.165) is 29.4 Å². The Balaban J connectivity index is 2.18. The number of carbonyl (C=O) groups excluding carboxylic acids is 2. The van der Waals surface area contributed by atoms with Crippen LogP contribution in [0.5, 0.6) is 0 Å². The van der Waals surface area contributed by atoms with Gasteiger partial charge in [0.05, 0.1) is 16.2 Å². The molecule has 0 atom stereocenters. The molecular formula is C14H13N3O2S. The zero-order chi connectivity index (χ0) is 14.3. The van der Waals surface area contributed by atoms with Crippen molar-refractivity contribution in [3.05, 3.63) is 34.7 Å². The van der Waals surface area contributed by atoms with Gasteiger partial charge in [0.15, 0.2) is 5.17 Å². The minimum atomic E-state index is -0.364. The third-order valence-corrected chi connectivity index (χ3v) is 4.13. The van der Waals surface area contributed by atoms with Crippen molar-refractivity contribution in [3.8, 4) is 0 Å². The Bertz CT molecular complexity index is 666. The van der Waals surface area contributed by atoms with Crippen molar-refractivity contribution in [2.75, 3.05) is 11.4 Å². The maximum absolute atomic E-state index is 12.6. The van der Waals surface area contributed by atoms with E-state index < -0.39 is 0 Å². The summed E-state index contributed by atoms with van der Waals surface area (Å²) in [6, 6.07) is 7.47. The lowest BCUT2D eigenvalue weighted by molar-refractivity contribution is -0.116. The number of carbonyl (C=O) groups is 2. The number of para-hydroxylation sites is 1. The van der Waals surface area contributed by atoms with Crippen LogP contribution in [0, 0.1) is 5.41 Å². The summed E-state index contributed by atoms with van der Waals surface area (Å²) < 4.78 is 0. The molecule has 102 valence electrons. The Morgan fingerprint density at radius 3 is 2.70 bits per heavy atom. The van der Waals surface area contributed by atoms with Crippen LogP contribution < -0.4 is 10.2 Å². The molecule has 0 aliphatic carbocycles. The van der Waals surface area contributed by atoms with Gasteiger partial charge >= 0.3 is 0 Å². The number of fused-ring (bicyclic) bond motifs is 1. The highest BCUT2D eigenvalue weighted by molar-refractivity contribution is 8.18. The van der Waals surface area contributed by atoms with E-state index in [0.29, 0.717) is 17.0 Å². The molecule has 0 spiro atoms. The van der Waals surface area contributed by atoms with Crippen molar-refractivity contribution in [2.24, 2.45) is 0 Å². The van der Waals surface area contributed by atoms with Crippen LogP contribution in [0.15, 0.2) is 29.2 Å². The number of nitrogens with zero attached hydrogens (tertiary/aromatic N) is 1. The molecule has 1 aromatic carbocycles. The van der Waals surface area contributed by atoms with Gasteiger partial charge in [-0.25, -0.2) is 0 Å². The summed E-state index contributed by atoms with van der Waals surface area (Å²) in [5.74, 6) is -0.517. The molecule has 0 aromatic heterocycles. The van der Waals surface area contributed by atoms with E-state index >= 15 is 0 Å². The highest BCUT2D eigenvalue weighted by Crippen LogP contribution is 2.42. The number of hydrogen-bond donors (Lipinski definition) is 2. The average molecular weight is 287 g/mol. The monoisotopic (exact) mass is 287 g/mol. The molecule has 3 rings (SSSR count). The summed E-state index contributed by atoms with van der Waals surface area (Å²) >= 11 is 1.01. The van der Waals surface area contributed by atoms with Crippen molar-refractivity contribution >= 4 is 40.0 Å². The zero-order valence-corrected chi connectivity index (χ0v) is 11.7. The summed E-state index contributed by atoms with van der Waals surface area (Å²) in [5, 5.41) is 10.0. The van der Waals surface area contributed by atoms with Crippen LogP contribution in [0.4, 0.5) is 5.69 Å². The topological polar surface area (TPSA) is 73.3 Å². The number of rotatable bonds is 2. The van der Waals surface area contributed by atoms with Crippen LogP contribution in [0.3, 0.4) is 0 Å². The van der Waals surface area contributed by atoms with E-state index in [2.05, 4.69) is 5.32 Å². The number of hydrogen-bond acceptors (Lipinski definition) is 4. The Kier molecular flexibility index (Phi) is 3.10. The molecule has 5 nitrogen and oxygen atoms in total. The van der Waals surface area contributed by atoms with Crippen LogP contribution in [0.1, 0.15) is 18.9 Å². The van der Waals surface area contributed by atoms with Gasteiger partial charge in [-0.1, -0.05) is 25.1 Å². The summed E-state index contributed by atoms with van der Waals surface area (Å²) in [4.78, 5) is 26.5. The molecule has 2 aliphatic heterocycles. The fourth-order valence-corrected chi connectivity index (χ4v) is 3.23. The molecule has 6 heteroatoms. The zero-order valence-electron chi connectivity index (χ0n) is 10.9. The van der Waals surface area contributed by atoms with Crippen LogP contribution in [-0.4, -0.2) is 23.5 Å². The summed E-state index contributed by atoms with van der Waals surface area (Å²) in [5.41, 5.74) is 2.03. The van der Waals surface area contributed by atoms with Gasteiger partial charge in [-0.05, 0) is 24.2 Å². The maximum Gasteiger partial charge on any atom is 0.264 e. The standard InChI is InChI=1S/C14H13N3O2S/c1-2-7-17-9-6-4-3-5-8(9)10(13(17)19)11-12(18)16-14(15)20-11/h3-6H,2,7H2,1H3,(H2,15,16,18). The third kappa shape index (κ3) is 1.84. The lowest BCUT2D eigenvalue weighted by Crippen LogP contribution is -2.27. The molecule has 0 bridgehead atoms. The van der Waals surface area contributed by atoms with Crippen molar-refractivity contribution < 1.29 is 9.59 Å². The van der Waals surface area contributed by atoms with Crippen LogP contribution >= 0.6 is 11.8 Å². The molecule has 0 unspecified atom stereocenters. The minimum Gasteiger partial charge on any atom is -0.308 e. The normalized spacial score (nSPS) is 21.4. The SMILES string of the molecule is CCCN1C(=O)C(=C2SC(=N)NC2=O)c2ccccc21. The second-order valence-corrected chi connectivity index (χ2v) is 5.58. The number of thioether (sulfide) groups is 1. The molecule has 0 radical (unpaired) electrons. The van der Waals surface area contributed by atoms with Gasteiger partial charge in [0.2, 0.25) is 0 Å². The van der Waals surface area contributed by atoms with E-state index in [1.54, 1.807) is 4.90 Å². The first-order chi connectivity index (χ1) is 9.63. The molecular weight excluding hydrogens is 274 g/mol. The van der Waals surface area contributed by atoms with E-state index in [1.807, 2.05) is 31.2 Å².